The van der Waals surface area contributed by atoms with Crippen molar-refractivity contribution in [3.63, 3.8) is 0 Å². The Morgan fingerprint density at radius 3 is 2.95 bits per heavy atom. The van der Waals surface area contributed by atoms with Crippen LogP contribution in [0.2, 0.25) is 0 Å². The number of carbonyl (C=O) groups excluding carboxylic acids is 1. The second kappa shape index (κ2) is 5.84. The molecule has 0 spiro atoms. The molecule has 0 radical (unpaired) electrons. The van der Waals surface area contributed by atoms with Crippen molar-refractivity contribution in [3.8, 4) is 0 Å². The van der Waals surface area contributed by atoms with Crippen LogP contribution < -0.4 is 10.6 Å². The Kier molecular flexibility index (Phi) is 4.16. The Balaban J connectivity index is 1.91. The van der Waals surface area contributed by atoms with Gasteiger partial charge >= 0.3 is 6.03 Å². The van der Waals surface area contributed by atoms with Crippen LogP contribution in [0.15, 0.2) is 30.4 Å². The predicted molar refractivity (Wildman–Crippen MR) is 71.4 cm³/mol. The van der Waals surface area contributed by atoms with Gasteiger partial charge in [-0.1, -0.05) is 18.2 Å². The van der Waals surface area contributed by atoms with Crippen LogP contribution in [0, 0.1) is 18.7 Å². The first kappa shape index (κ1) is 13.5. The predicted octanol–water partition coefficient (Wildman–Crippen LogP) is 2.19. The Labute approximate surface area is 111 Å². The van der Waals surface area contributed by atoms with Crippen molar-refractivity contribution in [2.24, 2.45) is 5.92 Å². The average Bonchev–Trinajstić information content (AvgIpc) is 2.81. The summed E-state index contributed by atoms with van der Waals surface area (Å²) in [6.45, 7) is 1.88. The molecule has 1 aliphatic rings. The van der Waals surface area contributed by atoms with E-state index in [1.807, 2.05) is 12.2 Å². The van der Waals surface area contributed by atoms with E-state index in [2.05, 4.69) is 10.6 Å². The fraction of sp³-hybridized carbons (Fsp3) is 0.357. The molecule has 102 valence electrons. The zero-order valence-electron chi connectivity index (χ0n) is 10.7. The first-order valence-electron chi connectivity index (χ1n) is 6.21. The number of anilines is 1. The standard InChI is InChI=1S/C14H17FN2O2/c1-9-2-4-11(15)7-13(9)17-14(19)16-12-5-3-10(6-12)8-18/h2-5,7,10,12,18H,6,8H2,1H3,(H2,16,17,19)/t10-,12+/m0/s1. The zero-order valence-corrected chi connectivity index (χ0v) is 10.7. The smallest absolute Gasteiger partial charge is 0.319 e. The molecule has 1 aliphatic carbocycles. The molecule has 0 bridgehead atoms. The molecule has 0 heterocycles. The number of benzene rings is 1. The van der Waals surface area contributed by atoms with Gasteiger partial charge in [0.25, 0.3) is 0 Å². The summed E-state index contributed by atoms with van der Waals surface area (Å²) in [5.41, 5.74) is 1.25. The van der Waals surface area contributed by atoms with E-state index < -0.39 is 0 Å². The fourth-order valence-electron chi connectivity index (χ4n) is 2.07. The molecule has 2 atom stereocenters. The third-order valence-corrected chi connectivity index (χ3v) is 3.17. The van der Waals surface area contributed by atoms with Crippen molar-refractivity contribution >= 4 is 11.7 Å². The molecule has 0 saturated heterocycles. The first-order valence-corrected chi connectivity index (χ1v) is 6.21. The van der Waals surface area contributed by atoms with Crippen LogP contribution in [0.3, 0.4) is 0 Å². The third kappa shape index (κ3) is 3.54. The maximum absolute atomic E-state index is 13.1. The molecule has 0 unspecified atom stereocenters. The van der Waals surface area contributed by atoms with Gasteiger partial charge in [0.1, 0.15) is 5.82 Å². The van der Waals surface area contributed by atoms with E-state index in [1.54, 1.807) is 13.0 Å². The number of nitrogens with one attached hydrogen (secondary N) is 2. The molecule has 0 aromatic heterocycles. The zero-order chi connectivity index (χ0) is 13.8. The van der Waals surface area contributed by atoms with Crippen molar-refractivity contribution in [3.05, 3.63) is 41.7 Å². The Hall–Kier alpha value is -1.88. The largest absolute Gasteiger partial charge is 0.396 e. The Morgan fingerprint density at radius 2 is 2.26 bits per heavy atom. The number of aliphatic hydroxyl groups excluding tert-OH is 1. The van der Waals surface area contributed by atoms with Crippen LogP contribution in [0.25, 0.3) is 0 Å². The number of rotatable bonds is 3. The summed E-state index contributed by atoms with van der Waals surface area (Å²) in [7, 11) is 0. The molecule has 2 rings (SSSR count). The van der Waals surface area contributed by atoms with Crippen LogP contribution in [-0.4, -0.2) is 23.8 Å². The number of aliphatic hydroxyl groups is 1. The van der Waals surface area contributed by atoms with Crippen molar-refractivity contribution in [1.29, 1.82) is 0 Å². The highest BCUT2D eigenvalue weighted by molar-refractivity contribution is 5.90. The van der Waals surface area contributed by atoms with E-state index in [4.69, 9.17) is 5.11 Å². The lowest BCUT2D eigenvalue weighted by molar-refractivity contribution is 0.238. The normalized spacial score (nSPS) is 21.4. The minimum Gasteiger partial charge on any atom is -0.396 e. The van der Waals surface area contributed by atoms with Gasteiger partial charge in [-0.15, -0.1) is 0 Å². The number of halogens is 1. The minimum absolute atomic E-state index is 0.0826. The number of hydrogen-bond acceptors (Lipinski definition) is 2. The molecule has 0 saturated carbocycles. The SMILES string of the molecule is Cc1ccc(F)cc1NC(=O)N[C@@H]1C=C[C@H](CO)C1. The maximum Gasteiger partial charge on any atom is 0.319 e. The summed E-state index contributed by atoms with van der Waals surface area (Å²) in [4.78, 5) is 11.8. The monoisotopic (exact) mass is 264 g/mol. The van der Waals surface area contributed by atoms with Gasteiger partial charge < -0.3 is 15.7 Å². The molecule has 4 nitrogen and oxygen atoms in total. The number of carbonyl (C=O) groups is 1. The number of urea groups is 1. The van der Waals surface area contributed by atoms with Crippen LogP contribution >= 0.6 is 0 Å². The van der Waals surface area contributed by atoms with E-state index in [-0.39, 0.29) is 30.4 Å². The van der Waals surface area contributed by atoms with Gasteiger partial charge in [-0.25, -0.2) is 9.18 Å². The topological polar surface area (TPSA) is 61.4 Å². The van der Waals surface area contributed by atoms with E-state index in [9.17, 15) is 9.18 Å². The number of amides is 2. The second-order valence-corrected chi connectivity index (χ2v) is 4.73. The van der Waals surface area contributed by atoms with E-state index in [0.29, 0.717) is 12.1 Å². The Morgan fingerprint density at radius 1 is 1.47 bits per heavy atom. The van der Waals surface area contributed by atoms with Crippen molar-refractivity contribution in [2.45, 2.75) is 19.4 Å². The van der Waals surface area contributed by atoms with Gasteiger partial charge in [0.2, 0.25) is 0 Å². The number of hydrogen-bond donors (Lipinski definition) is 3. The van der Waals surface area contributed by atoms with E-state index in [1.165, 1.54) is 12.1 Å². The van der Waals surface area contributed by atoms with Gasteiger partial charge in [-0.2, -0.15) is 0 Å². The van der Waals surface area contributed by atoms with Crippen LogP contribution in [0.1, 0.15) is 12.0 Å². The van der Waals surface area contributed by atoms with Gasteiger partial charge in [0.15, 0.2) is 0 Å². The van der Waals surface area contributed by atoms with Crippen LogP contribution in [0.5, 0.6) is 0 Å². The van der Waals surface area contributed by atoms with Gasteiger partial charge in [-0.05, 0) is 31.0 Å². The lowest BCUT2D eigenvalue weighted by atomic mass is 10.1. The number of aryl methyl sites for hydroxylation is 1. The van der Waals surface area contributed by atoms with Crippen LogP contribution in [-0.2, 0) is 0 Å². The molecule has 2 amide bonds. The highest BCUT2D eigenvalue weighted by Gasteiger charge is 2.19. The van der Waals surface area contributed by atoms with Gasteiger partial charge in [0, 0.05) is 24.3 Å². The molecule has 3 N–H and O–H groups in total. The van der Waals surface area contributed by atoms with Crippen LogP contribution in [0.4, 0.5) is 14.9 Å². The first-order chi connectivity index (χ1) is 9.08. The lowest BCUT2D eigenvalue weighted by Gasteiger charge is -2.14. The Bertz CT molecular complexity index is 502. The minimum atomic E-state index is -0.387. The van der Waals surface area contributed by atoms with Crippen molar-refractivity contribution in [2.75, 3.05) is 11.9 Å². The molecular formula is C14H17FN2O2. The molecule has 1 aromatic carbocycles. The molecule has 19 heavy (non-hydrogen) atoms. The van der Waals surface area contributed by atoms with E-state index in [0.717, 1.165) is 5.56 Å². The van der Waals surface area contributed by atoms with Crippen molar-refractivity contribution in [1.82, 2.24) is 5.32 Å². The van der Waals surface area contributed by atoms with Gasteiger partial charge in [0.05, 0.1) is 0 Å². The third-order valence-electron chi connectivity index (χ3n) is 3.17. The quantitative estimate of drug-likeness (QED) is 0.733. The molecule has 0 fully saturated rings. The fourth-order valence-corrected chi connectivity index (χ4v) is 2.07. The molecule has 5 heteroatoms. The summed E-state index contributed by atoms with van der Waals surface area (Å²) < 4.78 is 13.1. The highest BCUT2D eigenvalue weighted by atomic mass is 19.1. The van der Waals surface area contributed by atoms with E-state index >= 15 is 0 Å². The molecular weight excluding hydrogens is 247 g/mol. The average molecular weight is 264 g/mol. The van der Waals surface area contributed by atoms with Gasteiger partial charge in [-0.3, -0.25) is 0 Å². The highest BCUT2D eigenvalue weighted by Crippen LogP contribution is 2.18. The summed E-state index contributed by atoms with van der Waals surface area (Å²) in [5.74, 6) is -0.289. The molecule has 1 aromatic rings. The lowest BCUT2D eigenvalue weighted by Crippen LogP contribution is -2.36. The second-order valence-electron chi connectivity index (χ2n) is 4.73. The maximum atomic E-state index is 13.1. The summed E-state index contributed by atoms with van der Waals surface area (Å²) in [6.07, 6.45) is 4.43. The summed E-state index contributed by atoms with van der Waals surface area (Å²) >= 11 is 0. The van der Waals surface area contributed by atoms with Crippen molar-refractivity contribution < 1.29 is 14.3 Å². The molecule has 0 aliphatic heterocycles. The summed E-state index contributed by atoms with van der Waals surface area (Å²) in [6, 6.07) is 3.79. The summed E-state index contributed by atoms with van der Waals surface area (Å²) in [5, 5.41) is 14.4.